The lowest BCUT2D eigenvalue weighted by Gasteiger charge is -2.33. The van der Waals surface area contributed by atoms with Crippen LogP contribution in [0.15, 0.2) is 48.5 Å². The van der Waals surface area contributed by atoms with Gasteiger partial charge in [-0.05, 0) is 43.0 Å². The van der Waals surface area contributed by atoms with Crippen LogP contribution < -0.4 is 9.80 Å². The molecule has 0 atom stereocenters. The van der Waals surface area contributed by atoms with Crippen LogP contribution in [0.1, 0.15) is 18.4 Å². The fraction of sp³-hybridized carbons (Fsp3) is 0.333. The van der Waals surface area contributed by atoms with Crippen LogP contribution in [0.4, 0.5) is 10.8 Å². The molecule has 0 aliphatic carbocycles. The average Bonchev–Trinajstić information content (AvgIpc) is 3.32. The highest BCUT2D eigenvalue weighted by Gasteiger charge is 2.32. The topological polar surface area (TPSA) is 36.4 Å². The van der Waals surface area contributed by atoms with Crippen molar-refractivity contribution in [3.05, 3.63) is 54.1 Å². The average molecular weight is 363 g/mol. The summed E-state index contributed by atoms with van der Waals surface area (Å²) in [4.78, 5) is 22.2. The van der Waals surface area contributed by atoms with Crippen molar-refractivity contribution < 1.29 is 4.79 Å². The molecule has 2 aliphatic heterocycles. The third-order valence-corrected chi connectivity index (χ3v) is 6.65. The molecule has 5 heteroatoms. The molecule has 1 fully saturated rings. The van der Waals surface area contributed by atoms with Crippen molar-refractivity contribution in [3.8, 4) is 0 Å². The molecule has 0 spiro atoms. The van der Waals surface area contributed by atoms with Crippen molar-refractivity contribution in [3.63, 3.8) is 0 Å². The number of carbonyl (C=O) groups excluding carboxylic acids is 1. The predicted octanol–water partition coefficient (Wildman–Crippen LogP) is 4.10. The quantitative estimate of drug-likeness (QED) is 0.688. The Bertz CT molecular complexity index is 926. The minimum absolute atomic E-state index is 0.131. The number of anilines is 2. The van der Waals surface area contributed by atoms with Gasteiger partial charge in [-0.3, -0.25) is 4.79 Å². The normalized spacial score (nSPS) is 17.7. The summed E-state index contributed by atoms with van der Waals surface area (Å²) in [5.41, 5.74) is 3.48. The predicted molar refractivity (Wildman–Crippen MR) is 107 cm³/mol. The van der Waals surface area contributed by atoms with Crippen LogP contribution in [-0.4, -0.2) is 30.5 Å². The minimum Gasteiger partial charge on any atom is -0.348 e. The minimum atomic E-state index is 0.131. The van der Waals surface area contributed by atoms with E-state index in [1.807, 2.05) is 17.0 Å². The maximum atomic E-state index is 13.0. The van der Waals surface area contributed by atoms with E-state index < -0.39 is 0 Å². The number of benzene rings is 2. The molecule has 26 heavy (non-hydrogen) atoms. The molecule has 3 heterocycles. The molecule has 0 N–H and O–H groups in total. The van der Waals surface area contributed by atoms with E-state index >= 15 is 0 Å². The molecule has 4 nitrogen and oxygen atoms in total. The summed E-state index contributed by atoms with van der Waals surface area (Å²) in [6.45, 7) is 2.65. The van der Waals surface area contributed by atoms with Gasteiger partial charge in [0.15, 0.2) is 5.13 Å². The SMILES string of the molecule is O=C(C1CCN(c2nc3ccccc3s2)CC1)N1CCc2ccccc21. The molecule has 0 saturated carbocycles. The number of aromatic nitrogens is 1. The van der Waals surface area contributed by atoms with E-state index in [2.05, 4.69) is 41.3 Å². The maximum Gasteiger partial charge on any atom is 0.230 e. The number of carbonyl (C=O) groups is 1. The van der Waals surface area contributed by atoms with Crippen LogP contribution >= 0.6 is 11.3 Å². The lowest BCUT2D eigenvalue weighted by molar-refractivity contribution is -0.122. The fourth-order valence-electron chi connectivity index (χ4n) is 4.10. The Morgan fingerprint density at radius 2 is 1.77 bits per heavy atom. The first-order valence-electron chi connectivity index (χ1n) is 9.29. The smallest absolute Gasteiger partial charge is 0.230 e. The number of para-hydroxylation sites is 2. The van der Waals surface area contributed by atoms with Crippen molar-refractivity contribution >= 4 is 38.3 Å². The third-order valence-electron chi connectivity index (χ3n) is 5.55. The Morgan fingerprint density at radius 1 is 1.00 bits per heavy atom. The van der Waals surface area contributed by atoms with Crippen molar-refractivity contribution in [2.45, 2.75) is 19.3 Å². The molecule has 3 aromatic rings. The van der Waals surface area contributed by atoms with Crippen molar-refractivity contribution in [2.24, 2.45) is 5.92 Å². The van der Waals surface area contributed by atoms with Gasteiger partial charge in [-0.15, -0.1) is 0 Å². The van der Waals surface area contributed by atoms with E-state index in [9.17, 15) is 4.79 Å². The molecule has 2 aliphatic rings. The van der Waals surface area contributed by atoms with Gasteiger partial charge in [-0.25, -0.2) is 4.98 Å². The summed E-state index contributed by atoms with van der Waals surface area (Å²) in [6.07, 6.45) is 2.80. The number of thiazole rings is 1. The Kier molecular flexibility index (Phi) is 3.89. The third kappa shape index (κ3) is 2.67. The van der Waals surface area contributed by atoms with Crippen molar-refractivity contribution in [2.75, 3.05) is 29.4 Å². The summed E-state index contributed by atoms with van der Waals surface area (Å²) in [7, 11) is 0. The van der Waals surface area contributed by atoms with Gasteiger partial charge in [-0.2, -0.15) is 0 Å². The summed E-state index contributed by atoms with van der Waals surface area (Å²) in [5, 5.41) is 1.09. The van der Waals surface area contributed by atoms with Gasteiger partial charge in [0, 0.05) is 31.2 Å². The molecule has 0 radical (unpaired) electrons. The second-order valence-corrected chi connectivity index (χ2v) is 8.10. The van der Waals surface area contributed by atoms with Crippen LogP contribution in [0.25, 0.3) is 10.2 Å². The number of hydrogen-bond acceptors (Lipinski definition) is 4. The Labute approximate surface area is 157 Å². The van der Waals surface area contributed by atoms with E-state index in [0.717, 1.165) is 55.2 Å². The second kappa shape index (κ2) is 6.40. The number of piperidine rings is 1. The van der Waals surface area contributed by atoms with Gasteiger partial charge in [0.25, 0.3) is 0 Å². The van der Waals surface area contributed by atoms with Gasteiger partial charge in [0.1, 0.15) is 0 Å². The van der Waals surface area contributed by atoms with Crippen LogP contribution in [0, 0.1) is 5.92 Å². The number of rotatable bonds is 2. The zero-order valence-electron chi connectivity index (χ0n) is 14.6. The lowest BCUT2D eigenvalue weighted by Crippen LogP contribution is -2.42. The summed E-state index contributed by atoms with van der Waals surface area (Å²) in [6, 6.07) is 16.6. The molecule has 0 unspecified atom stereocenters. The first-order chi connectivity index (χ1) is 12.8. The summed E-state index contributed by atoms with van der Waals surface area (Å²) < 4.78 is 1.23. The van der Waals surface area contributed by atoms with E-state index in [1.165, 1.54) is 10.3 Å². The van der Waals surface area contributed by atoms with Crippen LogP contribution in [-0.2, 0) is 11.2 Å². The summed E-state index contributed by atoms with van der Waals surface area (Å²) >= 11 is 1.75. The fourth-order valence-corrected chi connectivity index (χ4v) is 5.12. The van der Waals surface area contributed by atoms with Crippen molar-refractivity contribution in [1.29, 1.82) is 0 Å². The molecule has 1 aromatic heterocycles. The Morgan fingerprint density at radius 3 is 2.62 bits per heavy atom. The molecule has 132 valence electrons. The highest BCUT2D eigenvalue weighted by atomic mass is 32.1. The summed E-state index contributed by atoms with van der Waals surface area (Å²) in [5.74, 6) is 0.436. The van der Waals surface area contributed by atoms with Gasteiger partial charge in [0.05, 0.1) is 10.2 Å². The Hall–Kier alpha value is -2.40. The number of fused-ring (bicyclic) bond motifs is 2. The molecule has 2 aromatic carbocycles. The molecular formula is C21H21N3OS. The molecule has 1 amide bonds. The maximum absolute atomic E-state index is 13.0. The zero-order chi connectivity index (χ0) is 17.5. The number of nitrogens with zero attached hydrogens (tertiary/aromatic N) is 3. The van der Waals surface area contributed by atoms with Gasteiger partial charge >= 0.3 is 0 Å². The first-order valence-corrected chi connectivity index (χ1v) is 10.1. The van der Waals surface area contributed by atoms with Crippen molar-refractivity contribution in [1.82, 2.24) is 4.98 Å². The molecule has 1 saturated heterocycles. The van der Waals surface area contributed by atoms with E-state index in [1.54, 1.807) is 11.3 Å². The zero-order valence-corrected chi connectivity index (χ0v) is 15.4. The monoisotopic (exact) mass is 363 g/mol. The number of hydrogen-bond donors (Lipinski definition) is 0. The number of amides is 1. The molecular weight excluding hydrogens is 342 g/mol. The van der Waals surface area contributed by atoms with E-state index in [4.69, 9.17) is 4.98 Å². The van der Waals surface area contributed by atoms with Crippen LogP contribution in [0.3, 0.4) is 0 Å². The highest BCUT2D eigenvalue weighted by Crippen LogP contribution is 2.34. The largest absolute Gasteiger partial charge is 0.348 e. The van der Waals surface area contributed by atoms with Crippen LogP contribution in [0.2, 0.25) is 0 Å². The van der Waals surface area contributed by atoms with Gasteiger partial charge in [0.2, 0.25) is 5.91 Å². The highest BCUT2D eigenvalue weighted by molar-refractivity contribution is 7.22. The van der Waals surface area contributed by atoms with Gasteiger partial charge < -0.3 is 9.80 Å². The Balaban J connectivity index is 1.28. The van der Waals surface area contributed by atoms with E-state index in [0.29, 0.717) is 5.91 Å². The van der Waals surface area contributed by atoms with Gasteiger partial charge in [-0.1, -0.05) is 41.7 Å². The standard InChI is InChI=1S/C21H21N3OS/c25-20(24-14-11-15-5-1-3-7-18(15)24)16-9-12-23(13-10-16)21-22-17-6-2-4-8-19(17)26-21/h1-8,16H,9-14H2. The lowest BCUT2D eigenvalue weighted by atomic mass is 9.95. The molecule has 5 rings (SSSR count). The van der Waals surface area contributed by atoms with Crippen LogP contribution in [0.5, 0.6) is 0 Å². The molecule has 0 bridgehead atoms. The second-order valence-electron chi connectivity index (χ2n) is 7.09. The first kappa shape index (κ1) is 15.8. The van der Waals surface area contributed by atoms with E-state index in [-0.39, 0.29) is 5.92 Å².